The lowest BCUT2D eigenvalue weighted by Gasteiger charge is -2.18. The van der Waals surface area contributed by atoms with Crippen molar-refractivity contribution in [1.29, 1.82) is 0 Å². The fourth-order valence-corrected chi connectivity index (χ4v) is 2.02. The molecule has 2 amide bonds. The van der Waals surface area contributed by atoms with E-state index in [-0.39, 0.29) is 30.3 Å². The van der Waals surface area contributed by atoms with Gasteiger partial charge in [0.05, 0.1) is 12.5 Å². The van der Waals surface area contributed by atoms with E-state index in [1.165, 1.54) is 6.92 Å². The minimum absolute atomic E-state index is 0.0488. The molecule has 116 valence electrons. The van der Waals surface area contributed by atoms with E-state index in [1.807, 2.05) is 6.92 Å². The number of hydrogen-bond donors (Lipinski definition) is 3. The summed E-state index contributed by atoms with van der Waals surface area (Å²) >= 11 is 5.85. The van der Waals surface area contributed by atoms with Gasteiger partial charge in [-0.2, -0.15) is 0 Å². The summed E-state index contributed by atoms with van der Waals surface area (Å²) in [6.07, 6.45) is 0.900. The fourth-order valence-electron chi connectivity index (χ4n) is 1.89. The maximum absolute atomic E-state index is 11.9. The van der Waals surface area contributed by atoms with Crippen molar-refractivity contribution in [2.45, 2.75) is 38.8 Å². The molecule has 0 aliphatic carbocycles. The first-order valence-corrected chi connectivity index (χ1v) is 7.31. The number of amides is 2. The molecule has 0 saturated heterocycles. The Hall–Kier alpha value is -1.59. The van der Waals surface area contributed by atoms with Gasteiger partial charge in [-0.1, -0.05) is 23.7 Å². The van der Waals surface area contributed by atoms with E-state index < -0.39 is 0 Å². The monoisotopic (exact) mass is 311 g/mol. The molecule has 4 N–H and O–H groups in total. The predicted molar refractivity (Wildman–Crippen MR) is 83.9 cm³/mol. The number of hydrogen-bond acceptors (Lipinski definition) is 3. The first kappa shape index (κ1) is 17.5. The van der Waals surface area contributed by atoms with Crippen LogP contribution in [0.5, 0.6) is 0 Å². The van der Waals surface area contributed by atoms with E-state index in [2.05, 4.69) is 10.6 Å². The van der Waals surface area contributed by atoms with E-state index in [0.717, 1.165) is 12.0 Å². The van der Waals surface area contributed by atoms with Crippen LogP contribution in [0.1, 0.15) is 38.3 Å². The minimum atomic E-state index is -0.366. The molecule has 0 aliphatic heterocycles. The molecule has 21 heavy (non-hydrogen) atoms. The molecule has 1 aromatic carbocycles. The largest absolute Gasteiger partial charge is 0.356 e. The Morgan fingerprint density at radius 1 is 1.29 bits per heavy atom. The van der Waals surface area contributed by atoms with Crippen molar-refractivity contribution in [3.8, 4) is 0 Å². The number of nitrogens with two attached hydrogens (primary N) is 1. The van der Waals surface area contributed by atoms with Crippen molar-refractivity contribution in [3.05, 3.63) is 34.9 Å². The Bertz CT molecular complexity index is 474. The van der Waals surface area contributed by atoms with Crippen LogP contribution in [0.25, 0.3) is 0 Å². The van der Waals surface area contributed by atoms with E-state index in [1.54, 1.807) is 24.3 Å². The lowest BCUT2D eigenvalue weighted by molar-refractivity contribution is -0.122. The van der Waals surface area contributed by atoms with E-state index in [4.69, 9.17) is 17.3 Å². The third-order valence-electron chi connectivity index (χ3n) is 2.96. The molecule has 0 aromatic heterocycles. The lowest BCUT2D eigenvalue weighted by atomic mass is 10.0. The van der Waals surface area contributed by atoms with Gasteiger partial charge < -0.3 is 16.4 Å². The second-order valence-corrected chi connectivity index (χ2v) is 5.56. The van der Waals surface area contributed by atoms with Gasteiger partial charge in [-0.05, 0) is 31.0 Å². The van der Waals surface area contributed by atoms with Crippen molar-refractivity contribution in [1.82, 2.24) is 10.6 Å². The maximum Gasteiger partial charge on any atom is 0.222 e. The molecule has 0 heterocycles. The highest BCUT2D eigenvalue weighted by atomic mass is 35.5. The average Bonchev–Trinajstić information content (AvgIpc) is 2.37. The molecule has 0 radical (unpaired) electrons. The molecule has 0 fully saturated rings. The number of benzene rings is 1. The number of carbonyl (C=O) groups is 2. The summed E-state index contributed by atoms with van der Waals surface area (Å²) in [5, 5.41) is 6.19. The molecule has 1 rings (SSSR count). The highest BCUT2D eigenvalue weighted by Crippen LogP contribution is 2.19. The number of halogens is 1. The Morgan fingerprint density at radius 3 is 2.43 bits per heavy atom. The Labute approximate surface area is 130 Å². The van der Waals surface area contributed by atoms with Gasteiger partial charge in [0, 0.05) is 24.5 Å². The zero-order chi connectivity index (χ0) is 15.8. The van der Waals surface area contributed by atoms with Gasteiger partial charge in [-0.3, -0.25) is 9.59 Å². The van der Waals surface area contributed by atoms with E-state index in [0.29, 0.717) is 11.6 Å². The van der Waals surface area contributed by atoms with Crippen molar-refractivity contribution < 1.29 is 9.59 Å². The van der Waals surface area contributed by atoms with Crippen molar-refractivity contribution in [2.24, 2.45) is 5.73 Å². The van der Waals surface area contributed by atoms with Crippen molar-refractivity contribution in [2.75, 3.05) is 6.54 Å². The third kappa shape index (κ3) is 7.11. The standard InChI is InChI=1S/C15H22ClN3O2/c1-10(17)7-8-18-15(21)9-14(19-11(2)20)12-3-5-13(16)6-4-12/h3-6,10,14H,7-9,17H2,1-2H3,(H,18,21)(H,19,20). The van der Waals surface area contributed by atoms with Crippen LogP contribution in [-0.4, -0.2) is 24.4 Å². The second kappa shape index (κ2) is 8.64. The molecule has 2 atom stereocenters. The molecule has 0 aliphatic rings. The smallest absolute Gasteiger partial charge is 0.222 e. The van der Waals surface area contributed by atoms with Gasteiger partial charge >= 0.3 is 0 Å². The summed E-state index contributed by atoms with van der Waals surface area (Å²) in [6, 6.07) is 6.76. The summed E-state index contributed by atoms with van der Waals surface area (Å²) in [6.45, 7) is 3.85. The highest BCUT2D eigenvalue weighted by Gasteiger charge is 2.16. The molecule has 0 bridgehead atoms. The molecule has 1 aromatic rings. The quantitative estimate of drug-likeness (QED) is 0.717. The van der Waals surface area contributed by atoms with E-state index in [9.17, 15) is 9.59 Å². The third-order valence-corrected chi connectivity index (χ3v) is 3.21. The van der Waals surface area contributed by atoms with Gasteiger partial charge in [-0.25, -0.2) is 0 Å². The lowest BCUT2D eigenvalue weighted by Crippen LogP contribution is -2.34. The molecule has 5 nitrogen and oxygen atoms in total. The van der Waals surface area contributed by atoms with Crippen LogP contribution in [0, 0.1) is 0 Å². The predicted octanol–water partition coefficient (Wildman–Crippen LogP) is 1.76. The van der Waals surface area contributed by atoms with Crippen LogP contribution in [0.4, 0.5) is 0 Å². The molecule has 2 unspecified atom stereocenters. The Morgan fingerprint density at radius 2 is 1.90 bits per heavy atom. The van der Waals surface area contributed by atoms with Crippen LogP contribution < -0.4 is 16.4 Å². The number of rotatable bonds is 7. The van der Waals surface area contributed by atoms with Gasteiger partial charge in [0.2, 0.25) is 11.8 Å². The molecular weight excluding hydrogens is 290 g/mol. The van der Waals surface area contributed by atoms with Crippen LogP contribution in [0.15, 0.2) is 24.3 Å². The Balaban J connectivity index is 2.63. The molecular formula is C15H22ClN3O2. The average molecular weight is 312 g/mol. The van der Waals surface area contributed by atoms with Gasteiger partial charge in [0.1, 0.15) is 0 Å². The highest BCUT2D eigenvalue weighted by molar-refractivity contribution is 6.30. The SMILES string of the molecule is CC(=O)NC(CC(=O)NCCC(C)N)c1ccc(Cl)cc1. The second-order valence-electron chi connectivity index (χ2n) is 5.12. The molecule has 0 spiro atoms. The summed E-state index contributed by atoms with van der Waals surface area (Å²) < 4.78 is 0. The molecule has 0 saturated carbocycles. The van der Waals surface area contributed by atoms with Gasteiger partial charge in [-0.15, -0.1) is 0 Å². The fraction of sp³-hybridized carbons (Fsp3) is 0.467. The topological polar surface area (TPSA) is 84.2 Å². The van der Waals surface area contributed by atoms with Crippen LogP contribution in [0.2, 0.25) is 5.02 Å². The van der Waals surface area contributed by atoms with E-state index >= 15 is 0 Å². The van der Waals surface area contributed by atoms with Crippen LogP contribution >= 0.6 is 11.6 Å². The normalized spacial score (nSPS) is 13.3. The number of carbonyl (C=O) groups excluding carboxylic acids is 2. The summed E-state index contributed by atoms with van der Waals surface area (Å²) in [5.41, 5.74) is 6.47. The summed E-state index contributed by atoms with van der Waals surface area (Å²) in [4.78, 5) is 23.2. The number of nitrogens with one attached hydrogen (secondary N) is 2. The van der Waals surface area contributed by atoms with Crippen LogP contribution in [-0.2, 0) is 9.59 Å². The zero-order valence-corrected chi connectivity index (χ0v) is 13.1. The summed E-state index contributed by atoms with van der Waals surface area (Å²) in [5.74, 6) is -0.303. The minimum Gasteiger partial charge on any atom is -0.356 e. The zero-order valence-electron chi connectivity index (χ0n) is 12.4. The first-order valence-electron chi connectivity index (χ1n) is 6.93. The first-order chi connectivity index (χ1) is 9.88. The maximum atomic E-state index is 11.9. The van der Waals surface area contributed by atoms with Crippen molar-refractivity contribution in [3.63, 3.8) is 0 Å². The van der Waals surface area contributed by atoms with Gasteiger partial charge in [0.15, 0.2) is 0 Å². The van der Waals surface area contributed by atoms with Gasteiger partial charge in [0.25, 0.3) is 0 Å². The summed E-state index contributed by atoms with van der Waals surface area (Å²) in [7, 11) is 0. The van der Waals surface area contributed by atoms with Crippen molar-refractivity contribution >= 4 is 23.4 Å². The molecule has 6 heteroatoms. The Kier molecular flexibility index (Phi) is 7.19. The van der Waals surface area contributed by atoms with Crippen LogP contribution in [0.3, 0.4) is 0 Å².